The maximum absolute atomic E-state index is 6.23. The number of benzene rings is 1. The van der Waals surface area contributed by atoms with Gasteiger partial charge in [0, 0.05) is 29.1 Å². The summed E-state index contributed by atoms with van der Waals surface area (Å²) in [5.41, 5.74) is 7.75. The summed E-state index contributed by atoms with van der Waals surface area (Å²) in [7, 11) is 2.09. The molecule has 0 unspecified atom stereocenters. The highest BCUT2D eigenvalue weighted by Gasteiger charge is 2.23. The van der Waals surface area contributed by atoms with E-state index >= 15 is 0 Å². The predicted octanol–water partition coefficient (Wildman–Crippen LogP) is 5.21. The number of rotatable bonds is 2. The van der Waals surface area contributed by atoms with E-state index in [1.165, 1.54) is 27.8 Å². The molecule has 0 aliphatic rings. The minimum atomic E-state index is 0.485. The molecule has 3 heterocycles. The summed E-state index contributed by atoms with van der Waals surface area (Å²) >= 11 is 0. The van der Waals surface area contributed by atoms with E-state index in [4.69, 9.17) is 4.42 Å². The van der Waals surface area contributed by atoms with Gasteiger partial charge in [0.05, 0.1) is 5.56 Å². The van der Waals surface area contributed by atoms with Crippen molar-refractivity contribution in [3.63, 3.8) is 0 Å². The van der Waals surface area contributed by atoms with Gasteiger partial charge in [-0.1, -0.05) is 19.9 Å². The lowest BCUT2D eigenvalue weighted by Crippen LogP contribution is -2.31. The first-order valence-corrected chi connectivity index (χ1v) is 8.74. The van der Waals surface area contributed by atoms with Gasteiger partial charge in [-0.25, -0.2) is 9.55 Å². The Hall–Kier alpha value is -2.68. The first-order chi connectivity index (χ1) is 12.0. The fourth-order valence-corrected chi connectivity index (χ4v) is 3.66. The maximum atomic E-state index is 6.23. The fraction of sp³-hybridized carbons (Fsp3) is 0.273. The van der Waals surface area contributed by atoms with Gasteiger partial charge in [-0.15, -0.1) is 0 Å². The molecule has 0 fully saturated rings. The molecule has 3 heteroatoms. The number of fused-ring (bicyclic) bond motifs is 3. The van der Waals surface area contributed by atoms with E-state index in [0.29, 0.717) is 11.6 Å². The van der Waals surface area contributed by atoms with Gasteiger partial charge in [-0.05, 0) is 48.6 Å². The van der Waals surface area contributed by atoms with Crippen LogP contribution in [0.3, 0.4) is 0 Å². The molecule has 0 aliphatic heterocycles. The Morgan fingerprint density at radius 3 is 2.64 bits per heavy atom. The Morgan fingerprint density at radius 1 is 1.08 bits per heavy atom. The summed E-state index contributed by atoms with van der Waals surface area (Å²) in [6.45, 7) is 8.75. The Morgan fingerprint density at radius 2 is 1.88 bits per heavy atom. The van der Waals surface area contributed by atoms with E-state index in [1.54, 1.807) is 6.20 Å². The lowest BCUT2D eigenvalue weighted by molar-refractivity contribution is -0.660. The van der Waals surface area contributed by atoms with Crippen molar-refractivity contribution in [2.75, 3.05) is 0 Å². The molecule has 0 N–H and O–H groups in total. The molecule has 1 aromatic carbocycles. The van der Waals surface area contributed by atoms with Crippen molar-refractivity contribution < 1.29 is 8.98 Å². The molecule has 0 saturated carbocycles. The van der Waals surface area contributed by atoms with Crippen LogP contribution in [0.5, 0.6) is 0 Å². The number of nitrogens with zero attached hydrogens (tertiary/aromatic N) is 2. The minimum absolute atomic E-state index is 0.485. The van der Waals surface area contributed by atoms with E-state index in [0.717, 1.165) is 16.5 Å². The number of pyridine rings is 2. The SMILES string of the molecule is Cc1cc(C)c2c(oc3ncccc32)c1-c1cc(C(C)C)cc[n+]1C. The monoisotopic (exact) mass is 331 g/mol. The zero-order chi connectivity index (χ0) is 17.7. The van der Waals surface area contributed by atoms with Gasteiger partial charge < -0.3 is 4.42 Å². The van der Waals surface area contributed by atoms with Crippen LogP contribution in [0.4, 0.5) is 0 Å². The normalized spacial score (nSPS) is 11.8. The highest BCUT2D eigenvalue weighted by molar-refractivity contribution is 6.10. The number of aromatic nitrogens is 2. The Labute approximate surface area is 147 Å². The van der Waals surface area contributed by atoms with Crippen molar-refractivity contribution >= 4 is 22.1 Å². The van der Waals surface area contributed by atoms with Crippen LogP contribution in [-0.4, -0.2) is 4.98 Å². The van der Waals surface area contributed by atoms with Crippen molar-refractivity contribution in [2.45, 2.75) is 33.6 Å². The molecule has 3 nitrogen and oxygen atoms in total. The largest absolute Gasteiger partial charge is 0.437 e. The third-order valence-corrected chi connectivity index (χ3v) is 5.01. The van der Waals surface area contributed by atoms with Crippen LogP contribution in [0.15, 0.2) is 47.1 Å². The van der Waals surface area contributed by atoms with Gasteiger partial charge in [-0.2, -0.15) is 0 Å². The average molecular weight is 331 g/mol. The summed E-state index contributed by atoms with van der Waals surface area (Å²) < 4.78 is 8.40. The van der Waals surface area contributed by atoms with Gasteiger partial charge in [-0.3, -0.25) is 0 Å². The van der Waals surface area contributed by atoms with Crippen molar-refractivity contribution in [3.8, 4) is 11.3 Å². The number of aryl methyl sites for hydroxylation is 3. The summed E-state index contributed by atoms with van der Waals surface area (Å²) in [5.74, 6) is 0.485. The summed E-state index contributed by atoms with van der Waals surface area (Å²) in [5, 5.41) is 2.25. The second kappa shape index (κ2) is 5.69. The first-order valence-electron chi connectivity index (χ1n) is 8.74. The molecule has 0 spiro atoms. The molecular formula is C22H23N2O+. The fourth-order valence-electron chi connectivity index (χ4n) is 3.66. The van der Waals surface area contributed by atoms with Crippen molar-refractivity contribution in [1.82, 2.24) is 4.98 Å². The van der Waals surface area contributed by atoms with Crippen LogP contribution in [0, 0.1) is 13.8 Å². The van der Waals surface area contributed by atoms with Crippen molar-refractivity contribution in [1.29, 1.82) is 0 Å². The van der Waals surface area contributed by atoms with Crippen LogP contribution in [0.1, 0.15) is 36.5 Å². The molecule has 4 aromatic rings. The molecule has 0 bridgehead atoms. The zero-order valence-electron chi connectivity index (χ0n) is 15.4. The topological polar surface area (TPSA) is 29.9 Å². The molecule has 0 radical (unpaired) electrons. The first kappa shape index (κ1) is 15.8. The highest BCUT2D eigenvalue weighted by Crippen LogP contribution is 2.38. The molecule has 0 saturated heterocycles. The van der Waals surface area contributed by atoms with Gasteiger partial charge in [0.1, 0.15) is 7.05 Å². The third-order valence-electron chi connectivity index (χ3n) is 5.01. The Kier molecular flexibility index (Phi) is 3.60. The van der Waals surface area contributed by atoms with E-state index in [1.807, 2.05) is 6.07 Å². The minimum Gasteiger partial charge on any atom is -0.437 e. The standard InChI is InChI=1S/C22H23N2O/c1-13(2)16-8-10-24(5)18(12-16)20-15(4)11-14(3)19-17-7-6-9-23-22(17)25-21(19)20/h6-13H,1-5H3/q+1. The molecule has 3 aromatic heterocycles. The van der Waals surface area contributed by atoms with Crippen LogP contribution in [-0.2, 0) is 7.05 Å². The van der Waals surface area contributed by atoms with Gasteiger partial charge in [0.15, 0.2) is 11.8 Å². The summed E-state index contributed by atoms with van der Waals surface area (Å²) in [6.07, 6.45) is 3.92. The number of hydrogen-bond acceptors (Lipinski definition) is 2. The zero-order valence-corrected chi connectivity index (χ0v) is 15.4. The lowest BCUT2D eigenvalue weighted by atomic mass is 9.95. The van der Waals surface area contributed by atoms with Crippen LogP contribution < -0.4 is 4.57 Å². The summed E-state index contributed by atoms with van der Waals surface area (Å²) in [6, 6.07) is 10.8. The average Bonchev–Trinajstić information content (AvgIpc) is 2.95. The molecule has 0 aliphatic carbocycles. The molecular weight excluding hydrogens is 308 g/mol. The maximum Gasteiger partial charge on any atom is 0.227 e. The molecule has 25 heavy (non-hydrogen) atoms. The van der Waals surface area contributed by atoms with Crippen molar-refractivity contribution in [2.24, 2.45) is 7.05 Å². The van der Waals surface area contributed by atoms with E-state index < -0.39 is 0 Å². The smallest absolute Gasteiger partial charge is 0.227 e. The summed E-state index contributed by atoms with van der Waals surface area (Å²) in [4.78, 5) is 4.42. The Balaban J connectivity index is 2.14. The lowest BCUT2D eigenvalue weighted by Gasteiger charge is -2.10. The number of furan rings is 1. The highest BCUT2D eigenvalue weighted by atomic mass is 16.3. The predicted molar refractivity (Wildman–Crippen MR) is 102 cm³/mol. The third kappa shape index (κ3) is 2.42. The molecule has 0 amide bonds. The van der Waals surface area contributed by atoms with Crippen LogP contribution in [0.25, 0.3) is 33.3 Å². The van der Waals surface area contributed by atoms with Gasteiger partial charge in [0.2, 0.25) is 11.4 Å². The van der Waals surface area contributed by atoms with Gasteiger partial charge >= 0.3 is 0 Å². The van der Waals surface area contributed by atoms with Crippen molar-refractivity contribution in [3.05, 3.63) is 59.4 Å². The van der Waals surface area contributed by atoms with Gasteiger partial charge in [0.25, 0.3) is 0 Å². The van der Waals surface area contributed by atoms with Crippen LogP contribution >= 0.6 is 0 Å². The Bertz CT molecular complexity index is 1110. The molecule has 0 atom stereocenters. The van der Waals surface area contributed by atoms with E-state index in [2.05, 4.69) is 74.8 Å². The molecule has 126 valence electrons. The second-order valence-corrected chi connectivity index (χ2v) is 7.16. The van der Waals surface area contributed by atoms with E-state index in [9.17, 15) is 0 Å². The van der Waals surface area contributed by atoms with Crippen LogP contribution in [0.2, 0.25) is 0 Å². The second-order valence-electron chi connectivity index (χ2n) is 7.16. The van der Waals surface area contributed by atoms with E-state index in [-0.39, 0.29) is 0 Å². The number of hydrogen-bond donors (Lipinski definition) is 0. The molecule has 4 rings (SSSR count). The quantitative estimate of drug-likeness (QED) is 0.472.